The van der Waals surface area contributed by atoms with E-state index in [-0.39, 0.29) is 35.5 Å². The fourth-order valence-corrected chi connectivity index (χ4v) is 3.18. The first-order chi connectivity index (χ1) is 11.8. The third-order valence-electron chi connectivity index (χ3n) is 3.93. The highest BCUT2D eigenvalue weighted by Crippen LogP contribution is 2.44. The van der Waals surface area contributed by atoms with Crippen LogP contribution in [0.5, 0.6) is 28.7 Å². The molecule has 0 bridgehead atoms. The Morgan fingerprint density at radius 1 is 1.20 bits per heavy atom. The summed E-state index contributed by atoms with van der Waals surface area (Å²) in [5, 5.41) is 20.0. The van der Waals surface area contributed by atoms with Gasteiger partial charge in [0, 0.05) is 17.5 Å². The van der Waals surface area contributed by atoms with E-state index in [4.69, 9.17) is 14.0 Å². The van der Waals surface area contributed by atoms with Gasteiger partial charge in [-0.2, -0.15) is 8.42 Å². The van der Waals surface area contributed by atoms with Crippen molar-refractivity contribution in [1.29, 1.82) is 0 Å². The van der Waals surface area contributed by atoms with E-state index in [2.05, 4.69) is 4.18 Å². The molecule has 0 aromatic heterocycles. The average Bonchev–Trinajstić information content (AvgIpc) is 2.53. The molecule has 1 atom stereocenters. The van der Waals surface area contributed by atoms with Gasteiger partial charge in [0.25, 0.3) is 0 Å². The van der Waals surface area contributed by atoms with Crippen molar-refractivity contribution in [2.75, 3.05) is 13.7 Å². The smallest absolute Gasteiger partial charge is 0.446 e. The van der Waals surface area contributed by atoms with Gasteiger partial charge in [0.15, 0.2) is 11.5 Å². The van der Waals surface area contributed by atoms with Crippen LogP contribution in [-0.4, -0.2) is 36.9 Å². The Kier molecular flexibility index (Phi) is 4.36. The van der Waals surface area contributed by atoms with Gasteiger partial charge >= 0.3 is 10.4 Å². The van der Waals surface area contributed by atoms with Crippen molar-refractivity contribution >= 4 is 10.4 Å². The van der Waals surface area contributed by atoms with Crippen molar-refractivity contribution < 1.29 is 36.8 Å². The van der Waals surface area contributed by atoms with Crippen LogP contribution in [0.4, 0.5) is 0 Å². The molecule has 0 spiro atoms. The molecule has 3 N–H and O–H groups in total. The maximum absolute atomic E-state index is 10.8. The van der Waals surface area contributed by atoms with Crippen molar-refractivity contribution in [3.05, 3.63) is 41.5 Å². The summed E-state index contributed by atoms with van der Waals surface area (Å²) in [7, 11) is -3.25. The molecule has 134 valence electrons. The lowest BCUT2D eigenvalue weighted by Gasteiger charge is -2.26. The SMILES string of the molecule is COc1c(O)ccc(C2COc3cc(OS(=O)(=O)O)ccc3C2)c1O. The molecule has 3 rings (SSSR count). The molecule has 9 heteroatoms. The minimum atomic E-state index is -4.60. The summed E-state index contributed by atoms with van der Waals surface area (Å²) >= 11 is 0. The van der Waals surface area contributed by atoms with E-state index in [1.165, 1.54) is 25.3 Å². The molecule has 2 aromatic carbocycles. The Balaban J connectivity index is 1.87. The van der Waals surface area contributed by atoms with E-state index in [0.717, 1.165) is 5.56 Å². The second-order valence-electron chi connectivity index (χ2n) is 5.55. The number of fused-ring (bicyclic) bond motifs is 1. The van der Waals surface area contributed by atoms with Crippen LogP contribution in [0, 0.1) is 0 Å². The van der Waals surface area contributed by atoms with E-state index in [1.54, 1.807) is 12.1 Å². The van der Waals surface area contributed by atoms with Gasteiger partial charge in [0.2, 0.25) is 5.75 Å². The first-order valence-electron chi connectivity index (χ1n) is 7.30. The Labute approximate surface area is 144 Å². The highest BCUT2D eigenvalue weighted by atomic mass is 32.3. The highest BCUT2D eigenvalue weighted by molar-refractivity contribution is 7.81. The Hall–Kier alpha value is -2.65. The number of phenols is 2. The second kappa shape index (κ2) is 6.34. The van der Waals surface area contributed by atoms with Gasteiger partial charge in [0.1, 0.15) is 11.5 Å². The predicted molar refractivity (Wildman–Crippen MR) is 86.9 cm³/mol. The van der Waals surface area contributed by atoms with E-state index < -0.39 is 10.4 Å². The van der Waals surface area contributed by atoms with Gasteiger partial charge in [-0.05, 0) is 24.1 Å². The van der Waals surface area contributed by atoms with Crippen molar-refractivity contribution in [3.63, 3.8) is 0 Å². The fraction of sp³-hybridized carbons (Fsp3) is 0.250. The quantitative estimate of drug-likeness (QED) is 0.701. The summed E-state index contributed by atoms with van der Waals surface area (Å²) in [6.07, 6.45) is 0.517. The molecule has 8 nitrogen and oxygen atoms in total. The number of hydrogen-bond donors (Lipinski definition) is 3. The summed E-state index contributed by atoms with van der Waals surface area (Å²) in [5.74, 6) is -0.120. The number of benzene rings is 2. The monoisotopic (exact) mass is 368 g/mol. The lowest BCUT2D eigenvalue weighted by molar-refractivity contribution is 0.257. The number of aromatic hydroxyl groups is 2. The average molecular weight is 368 g/mol. The first kappa shape index (κ1) is 17.2. The molecule has 0 fully saturated rings. The molecule has 0 saturated carbocycles. The van der Waals surface area contributed by atoms with Gasteiger partial charge in [0.05, 0.1) is 13.7 Å². The van der Waals surface area contributed by atoms with Gasteiger partial charge < -0.3 is 23.9 Å². The molecule has 0 amide bonds. The van der Waals surface area contributed by atoms with Crippen LogP contribution < -0.4 is 13.7 Å². The molecular formula is C16H16O8S. The molecule has 1 unspecified atom stereocenters. The van der Waals surface area contributed by atoms with Crippen molar-refractivity contribution in [2.24, 2.45) is 0 Å². The lowest BCUT2D eigenvalue weighted by atomic mass is 9.89. The summed E-state index contributed by atoms with van der Waals surface area (Å²) in [4.78, 5) is 0. The van der Waals surface area contributed by atoms with Crippen LogP contribution >= 0.6 is 0 Å². The minimum Gasteiger partial charge on any atom is -0.504 e. The van der Waals surface area contributed by atoms with E-state index in [9.17, 15) is 18.6 Å². The summed E-state index contributed by atoms with van der Waals surface area (Å²) < 4.78 is 45.3. The van der Waals surface area contributed by atoms with E-state index in [1.807, 2.05) is 0 Å². The van der Waals surface area contributed by atoms with Gasteiger partial charge in [-0.25, -0.2) is 0 Å². The van der Waals surface area contributed by atoms with Crippen LogP contribution in [0.3, 0.4) is 0 Å². The zero-order valence-corrected chi connectivity index (χ0v) is 14.0. The normalized spacial score (nSPS) is 16.6. The van der Waals surface area contributed by atoms with Crippen LogP contribution in [0.1, 0.15) is 17.0 Å². The summed E-state index contributed by atoms with van der Waals surface area (Å²) in [6.45, 7) is 0.226. The molecular weight excluding hydrogens is 352 g/mol. The van der Waals surface area contributed by atoms with Gasteiger partial charge in [-0.1, -0.05) is 12.1 Å². The molecule has 0 saturated heterocycles. The minimum absolute atomic E-state index is 0.000183. The molecule has 1 aliphatic rings. The van der Waals surface area contributed by atoms with Crippen LogP contribution in [0.15, 0.2) is 30.3 Å². The molecule has 0 radical (unpaired) electrons. The number of ether oxygens (including phenoxy) is 2. The summed E-state index contributed by atoms with van der Waals surface area (Å²) in [5.41, 5.74) is 1.35. The van der Waals surface area contributed by atoms with Crippen LogP contribution in [0.25, 0.3) is 0 Å². The molecule has 1 aliphatic heterocycles. The van der Waals surface area contributed by atoms with Gasteiger partial charge in [-0.15, -0.1) is 0 Å². The maximum atomic E-state index is 10.8. The Morgan fingerprint density at radius 2 is 1.96 bits per heavy atom. The van der Waals surface area contributed by atoms with Crippen molar-refractivity contribution in [3.8, 4) is 28.7 Å². The number of rotatable bonds is 4. The van der Waals surface area contributed by atoms with E-state index >= 15 is 0 Å². The zero-order valence-electron chi connectivity index (χ0n) is 13.2. The molecule has 2 aromatic rings. The van der Waals surface area contributed by atoms with Crippen molar-refractivity contribution in [2.45, 2.75) is 12.3 Å². The highest BCUT2D eigenvalue weighted by Gasteiger charge is 2.26. The van der Waals surface area contributed by atoms with Crippen LogP contribution in [0.2, 0.25) is 0 Å². The second-order valence-corrected chi connectivity index (χ2v) is 6.57. The largest absolute Gasteiger partial charge is 0.504 e. The topological polar surface area (TPSA) is 123 Å². The molecule has 25 heavy (non-hydrogen) atoms. The molecule has 0 aliphatic carbocycles. The number of phenolic OH excluding ortho intramolecular Hbond substituents is 2. The third-order valence-corrected chi connectivity index (χ3v) is 4.34. The first-order valence-corrected chi connectivity index (χ1v) is 8.66. The number of methoxy groups -OCH3 is 1. The molecule has 1 heterocycles. The predicted octanol–water partition coefficient (Wildman–Crippen LogP) is 2.01. The fourth-order valence-electron chi connectivity index (χ4n) is 2.83. The third kappa shape index (κ3) is 3.57. The lowest BCUT2D eigenvalue weighted by Crippen LogP contribution is -2.19. The summed E-state index contributed by atoms with van der Waals surface area (Å²) in [6, 6.07) is 7.43. The van der Waals surface area contributed by atoms with E-state index in [0.29, 0.717) is 17.7 Å². The van der Waals surface area contributed by atoms with Crippen molar-refractivity contribution in [1.82, 2.24) is 0 Å². The van der Waals surface area contributed by atoms with Gasteiger partial charge in [-0.3, -0.25) is 4.55 Å². The standard InChI is InChI=1S/C16H16O8S/c1-22-16-13(17)5-4-12(15(16)18)10-6-9-2-3-11(24-25(19,20)21)7-14(9)23-8-10/h2-5,7,10,17-18H,6,8H2,1H3,(H,19,20,21). The maximum Gasteiger partial charge on any atom is 0.446 e. The Bertz CT molecular complexity index is 907. The number of hydrogen-bond acceptors (Lipinski definition) is 7. The van der Waals surface area contributed by atoms with Crippen LogP contribution in [-0.2, 0) is 16.8 Å². The Morgan fingerprint density at radius 3 is 2.64 bits per heavy atom. The zero-order chi connectivity index (χ0) is 18.2.